The number of nitrogens with two attached hydrogens (primary N) is 1. The zero-order chi connectivity index (χ0) is 15.1. The second kappa shape index (κ2) is 7.89. The number of aryl methyl sites for hydroxylation is 2. The van der Waals surface area contributed by atoms with Crippen LogP contribution in [-0.2, 0) is 18.2 Å². The first-order chi connectivity index (χ1) is 9.47. The zero-order valence-electron chi connectivity index (χ0n) is 12.9. The lowest BCUT2D eigenvalue weighted by molar-refractivity contribution is 0.0754. The maximum absolute atomic E-state index is 12.1. The van der Waals surface area contributed by atoms with E-state index in [0.717, 1.165) is 31.6 Å². The molecule has 0 saturated carbocycles. The first kappa shape index (κ1) is 16.5. The number of nitrogen functional groups attached to an aromatic ring is 1. The number of amides is 1. The van der Waals surface area contributed by atoms with Gasteiger partial charge in [-0.05, 0) is 33.1 Å². The first-order valence-electron chi connectivity index (χ1n) is 7.18. The topological polar surface area (TPSA) is 82.2 Å². The quantitative estimate of drug-likeness (QED) is 0.708. The van der Waals surface area contributed by atoms with Gasteiger partial charge in [-0.25, -0.2) is 0 Å². The van der Waals surface area contributed by atoms with Crippen molar-refractivity contribution in [1.29, 1.82) is 0 Å². The Morgan fingerprint density at radius 1 is 1.45 bits per heavy atom. The van der Waals surface area contributed by atoms with E-state index in [0.29, 0.717) is 17.9 Å². The average Bonchev–Trinajstić information content (AvgIpc) is 2.67. The van der Waals surface area contributed by atoms with Gasteiger partial charge in [0.2, 0.25) is 0 Å². The normalized spacial score (nSPS) is 11.1. The van der Waals surface area contributed by atoms with E-state index in [1.807, 2.05) is 20.8 Å². The molecule has 0 bridgehead atoms. The summed E-state index contributed by atoms with van der Waals surface area (Å²) >= 11 is 0. The Kier molecular flexibility index (Phi) is 6.51. The molecule has 1 heterocycles. The summed E-state index contributed by atoms with van der Waals surface area (Å²) in [6.07, 6.45) is 2.79. The van der Waals surface area contributed by atoms with Crippen molar-refractivity contribution in [3.63, 3.8) is 0 Å². The molecule has 114 valence electrons. The Morgan fingerprint density at radius 2 is 2.15 bits per heavy atom. The van der Waals surface area contributed by atoms with E-state index in [9.17, 15) is 4.79 Å². The maximum Gasteiger partial charge on any atom is 0.271 e. The van der Waals surface area contributed by atoms with E-state index < -0.39 is 0 Å². The average molecular weight is 282 g/mol. The molecule has 0 aliphatic rings. The highest BCUT2D eigenvalue weighted by molar-refractivity contribution is 5.97. The van der Waals surface area contributed by atoms with Crippen LogP contribution in [0.5, 0.6) is 0 Å². The summed E-state index contributed by atoms with van der Waals surface area (Å²) in [7, 11) is 1.74. The Balaban J connectivity index is 2.38. The van der Waals surface area contributed by atoms with Crippen LogP contribution < -0.4 is 11.1 Å². The molecular formula is C14H26N4O2. The summed E-state index contributed by atoms with van der Waals surface area (Å²) in [6, 6.07) is 0. The molecule has 0 saturated heterocycles. The fourth-order valence-electron chi connectivity index (χ4n) is 1.96. The van der Waals surface area contributed by atoms with Crippen LogP contribution in [-0.4, -0.2) is 34.9 Å². The van der Waals surface area contributed by atoms with Gasteiger partial charge in [-0.2, -0.15) is 5.10 Å². The van der Waals surface area contributed by atoms with Crippen molar-refractivity contribution in [3.8, 4) is 0 Å². The molecule has 6 heteroatoms. The Morgan fingerprint density at radius 3 is 2.70 bits per heavy atom. The highest BCUT2D eigenvalue weighted by Crippen LogP contribution is 2.16. The first-order valence-corrected chi connectivity index (χ1v) is 7.18. The van der Waals surface area contributed by atoms with Gasteiger partial charge in [-0.15, -0.1) is 0 Å². The third-order valence-electron chi connectivity index (χ3n) is 3.02. The van der Waals surface area contributed by atoms with Crippen molar-refractivity contribution in [2.24, 2.45) is 7.05 Å². The summed E-state index contributed by atoms with van der Waals surface area (Å²) in [6.45, 7) is 7.33. The molecule has 1 aromatic rings. The van der Waals surface area contributed by atoms with E-state index in [2.05, 4.69) is 10.4 Å². The highest BCUT2D eigenvalue weighted by Gasteiger charge is 2.18. The second-order valence-electron chi connectivity index (χ2n) is 5.07. The Bertz CT molecular complexity index is 441. The molecule has 0 spiro atoms. The smallest absolute Gasteiger partial charge is 0.271 e. The largest absolute Gasteiger partial charge is 0.395 e. The number of carbonyl (C=O) groups is 1. The van der Waals surface area contributed by atoms with Gasteiger partial charge in [0.15, 0.2) is 0 Å². The molecule has 0 radical (unpaired) electrons. The summed E-state index contributed by atoms with van der Waals surface area (Å²) in [5, 5.41) is 7.11. The molecule has 0 aromatic carbocycles. The van der Waals surface area contributed by atoms with Crippen LogP contribution in [0, 0.1) is 0 Å². The molecular weight excluding hydrogens is 256 g/mol. The monoisotopic (exact) mass is 282 g/mol. The summed E-state index contributed by atoms with van der Waals surface area (Å²) in [5.74, 6) is -0.165. The Labute approximate surface area is 120 Å². The minimum atomic E-state index is -0.165. The zero-order valence-corrected chi connectivity index (χ0v) is 12.9. The number of aromatic nitrogens is 2. The maximum atomic E-state index is 12.1. The van der Waals surface area contributed by atoms with Crippen LogP contribution in [0.25, 0.3) is 0 Å². The predicted molar refractivity (Wildman–Crippen MR) is 79.7 cm³/mol. The van der Waals surface area contributed by atoms with E-state index in [4.69, 9.17) is 10.5 Å². The number of hydrogen-bond donors (Lipinski definition) is 2. The van der Waals surface area contributed by atoms with Crippen LogP contribution in [0.2, 0.25) is 0 Å². The summed E-state index contributed by atoms with van der Waals surface area (Å²) < 4.78 is 6.99. The SMILES string of the molecule is CCc1nn(C)c(C(=O)NCCCCOC(C)C)c1N. The lowest BCUT2D eigenvalue weighted by atomic mass is 10.2. The van der Waals surface area contributed by atoms with Crippen molar-refractivity contribution >= 4 is 11.6 Å². The fraction of sp³-hybridized carbons (Fsp3) is 0.714. The molecule has 0 aliphatic heterocycles. The molecule has 1 rings (SSSR count). The van der Waals surface area contributed by atoms with Gasteiger partial charge < -0.3 is 15.8 Å². The molecule has 6 nitrogen and oxygen atoms in total. The second-order valence-corrected chi connectivity index (χ2v) is 5.07. The van der Waals surface area contributed by atoms with Gasteiger partial charge in [0, 0.05) is 20.2 Å². The van der Waals surface area contributed by atoms with Crippen LogP contribution >= 0.6 is 0 Å². The van der Waals surface area contributed by atoms with Crippen LogP contribution in [0.15, 0.2) is 0 Å². The molecule has 1 amide bonds. The van der Waals surface area contributed by atoms with E-state index in [1.54, 1.807) is 11.7 Å². The van der Waals surface area contributed by atoms with Crippen molar-refractivity contribution in [3.05, 3.63) is 11.4 Å². The van der Waals surface area contributed by atoms with E-state index in [-0.39, 0.29) is 12.0 Å². The summed E-state index contributed by atoms with van der Waals surface area (Å²) in [4.78, 5) is 12.1. The standard InChI is InChI=1S/C14H26N4O2/c1-5-11-12(15)13(18(4)17-11)14(19)16-8-6-7-9-20-10(2)3/h10H,5-9,15H2,1-4H3,(H,16,19). The molecule has 0 unspecified atom stereocenters. The third kappa shape index (κ3) is 4.52. The number of rotatable bonds is 8. The van der Waals surface area contributed by atoms with Gasteiger partial charge in [-0.3, -0.25) is 9.48 Å². The van der Waals surface area contributed by atoms with Gasteiger partial charge in [0.25, 0.3) is 5.91 Å². The number of anilines is 1. The van der Waals surface area contributed by atoms with Crippen molar-refractivity contribution in [2.45, 2.75) is 46.1 Å². The minimum absolute atomic E-state index is 0.165. The summed E-state index contributed by atoms with van der Waals surface area (Å²) in [5.41, 5.74) is 7.63. The van der Waals surface area contributed by atoms with Gasteiger partial charge >= 0.3 is 0 Å². The number of nitrogens with zero attached hydrogens (tertiary/aromatic N) is 2. The molecule has 0 atom stereocenters. The van der Waals surface area contributed by atoms with E-state index in [1.165, 1.54) is 0 Å². The molecule has 1 aromatic heterocycles. The lowest BCUT2D eigenvalue weighted by Gasteiger charge is -2.08. The van der Waals surface area contributed by atoms with Gasteiger partial charge in [0.1, 0.15) is 5.69 Å². The van der Waals surface area contributed by atoms with Crippen molar-refractivity contribution in [2.75, 3.05) is 18.9 Å². The van der Waals surface area contributed by atoms with Gasteiger partial charge in [0.05, 0.1) is 17.5 Å². The predicted octanol–water partition coefficient (Wildman–Crippen LogP) is 1.50. The molecule has 20 heavy (non-hydrogen) atoms. The number of nitrogens with one attached hydrogen (secondary N) is 1. The van der Waals surface area contributed by atoms with Crippen molar-refractivity contribution < 1.29 is 9.53 Å². The van der Waals surface area contributed by atoms with Gasteiger partial charge in [-0.1, -0.05) is 6.92 Å². The number of hydrogen-bond acceptors (Lipinski definition) is 4. The minimum Gasteiger partial charge on any atom is -0.395 e. The lowest BCUT2D eigenvalue weighted by Crippen LogP contribution is -2.27. The van der Waals surface area contributed by atoms with E-state index >= 15 is 0 Å². The van der Waals surface area contributed by atoms with Crippen LogP contribution in [0.4, 0.5) is 5.69 Å². The van der Waals surface area contributed by atoms with Crippen molar-refractivity contribution in [1.82, 2.24) is 15.1 Å². The van der Waals surface area contributed by atoms with Crippen LogP contribution in [0.3, 0.4) is 0 Å². The molecule has 0 fully saturated rings. The third-order valence-corrected chi connectivity index (χ3v) is 3.02. The number of carbonyl (C=O) groups excluding carboxylic acids is 1. The molecule has 3 N–H and O–H groups in total. The fourth-order valence-corrected chi connectivity index (χ4v) is 1.96. The number of unbranched alkanes of at least 4 members (excludes halogenated alkanes) is 1. The molecule has 0 aliphatic carbocycles. The Hall–Kier alpha value is -1.56. The number of ether oxygens (including phenoxy) is 1. The highest BCUT2D eigenvalue weighted by atomic mass is 16.5. The van der Waals surface area contributed by atoms with Crippen LogP contribution in [0.1, 0.15) is 49.8 Å².